The maximum absolute atomic E-state index is 13.8. The van der Waals surface area contributed by atoms with Gasteiger partial charge in [-0.2, -0.15) is 0 Å². The van der Waals surface area contributed by atoms with Crippen LogP contribution in [-0.4, -0.2) is 59.5 Å². The second-order valence-electron chi connectivity index (χ2n) is 7.14. The summed E-state index contributed by atoms with van der Waals surface area (Å²) in [6.45, 7) is 7.14. The molecule has 0 spiro atoms. The Balaban J connectivity index is 1.66. The predicted molar refractivity (Wildman–Crippen MR) is 93.2 cm³/mol. The largest absolute Gasteiger partial charge is 0.381 e. The van der Waals surface area contributed by atoms with E-state index >= 15 is 0 Å². The van der Waals surface area contributed by atoms with Gasteiger partial charge in [-0.1, -0.05) is 0 Å². The van der Waals surface area contributed by atoms with Crippen LogP contribution in [0.15, 0.2) is 12.1 Å². The minimum Gasteiger partial charge on any atom is -0.381 e. The van der Waals surface area contributed by atoms with Crippen molar-refractivity contribution in [3.8, 4) is 0 Å². The number of amides is 1. The van der Waals surface area contributed by atoms with E-state index in [0.717, 1.165) is 12.5 Å². The average molecular weight is 365 g/mol. The second-order valence-corrected chi connectivity index (χ2v) is 7.14. The summed E-state index contributed by atoms with van der Waals surface area (Å²) in [7, 11) is 0. The normalized spacial score (nSPS) is 24.0. The number of ether oxygens (including phenoxy) is 1. The first-order chi connectivity index (χ1) is 12.4. The maximum Gasteiger partial charge on any atom is 0.275 e. The maximum atomic E-state index is 13.8. The van der Waals surface area contributed by atoms with Crippen molar-refractivity contribution in [1.82, 2.24) is 9.80 Å². The highest BCUT2D eigenvalue weighted by Gasteiger charge is 2.33. The molecule has 0 N–H and O–H groups in total. The molecule has 2 aliphatic rings. The molecule has 0 aromatic heterocycles. The van der Waals surface area contributed by atoms with Gasteiger partial charge in [0, 0.05) is 44.4 Å². The molecule has 2 fully saturated rings. The molecule has 1 aromatic rings. The van der Waals surface area contributed by atoms with Crippen LogP contribution in [-0.2, 0) is 16.1 Å². The van der Waals surface area contributed by atoms with E-state index < -0.39 is 10.7 Å². The lowest BCUT2D eigenvalue weighted by Gasteiger charge is -2.41. The van der Waals surface area contributed by atoms with E-state index in [-0.39, 0.29) is 23.6 Å². The van der Waals surface area contributed by atoms with Crippen molar-refractivity contribution in [2.24, 2.45) is 5.92 Å². The first-order valence-electron chi connectivity index (χ1n) is 8.90. The fourth-order valence-corrected chi connectivity index (χ4v) is 3.78. The molecule has 7 nitrogen and oxygen atoms in total. The quantitative estimate of drug-likeness (QED) is 0.603. The van der Waals surface area contributed by atoms with Crippen molar-refractivity contribution in [3.63, 3.8) is 0 Å². The molecule has 0 radical (unpaired) electrons. The average Bonchev–Trinajstić information content (AvgIpc) is 3.11. The third-order valence-electron chi connectivity index (χ3n) is 5.32. The van der Waals surface area contributed by atoms with Gasteiger partial charge in [0.1, 0.15) is 5.82 Å². The fourth-order valence-electron chi connectivity index (χ4n) is 3.78. The second kappa shape index (κ2) is 7.67. The highest BCUT2D eigenvalue weighted by atomic mass is 19.1. The van der Waals surface area contributed by atoms with Gasteiger partial charge in [-0.25, -0.2) is 4.39 Å². The Morgan fingerprint density at radius 1 is 1.42 bits per heavy atom. The lowest BCUT2D eigenvalue weighted by molar-refractivity contribution is -0.385. The molecule has 8 heteroatoms. The number of nitro groups is 1. The van der Waals surface area contributed by atoms with Gasteiger partial charge in [-0.15, -0.1) is 0 Å². The van der Waals surface area contributed by atoms with Gasteiger partial charge in [-0.3, -0.25) is 19.8 Å². The first kappa shape index (κ1) is 18.7. The van der Waals surface area contributed by atoms with Crippen LogP contribution in [0.4, 0.5) is 10.1 Å². The Morgan fingerprint density at radius 3 is 2.81 bits per heavy atom. The molecule has 0 saturated carbocycles. The highest BCUT2D eigenvalue weighted by Crippen LogP contribution is 2.26. The van der Waals surface area contributed by atoms with E-state index in [1.165, 1.54) is 6.07 Å². The number of carbonyl (C=O) groups excluding carboxylic acids is 1. The molecule has 0 bridgehead atoms. The summed E-state index contributed by atoms with van der Waals surface area (Å²) in [5, 5.41) is 11.1. The molecule has 0 aliphatic carbocycles. The molecule has 2 saturated heterocycles. The molecule has 26 heavy (non-hydrogen) atoms. The minimum atomic E-state index is -0.597. The topological polar surface area (TPSA) is 75.9 Å². The summed E-state index contributed by atoms with van der Waals surface area (Å²) >= 11 is 0. The van der Waals surface area contributed by atoms with Crippen LogP contribution in [0.2, 0.25) is 0 Å². The van der Waals surface area contributed by atoms with Crippen molar-refractivity contribution < 1.29 is 18.8 Å². The Kier molecular flexibility index (Phi) is 5.52. The van der Waals surface area contributed by atoms with Gasteiger partial charge in [0.05, 0.1) is 23.5 Å². The summed E-state index contributed by atoms with van der Waals surface area (Å²) < 4.78 is 19.1. The number of hydrogen-bond donors (Lipinski definition) is 0. The number of hydrogen-bond acceptors (Lipinski definition) is 5. The Hall–Kier alpha value is -2.06. The molecule has 1 amide bonds. The van der Waals surface area contributed by atoms with Crippen LogP contribution in [0, 0.1) is 28.8 Å². The third kappa shape index (κ3) is 3.86. The third-order valence-corrected chi connectivity index (χ3v) is 5.32. The zero-order chi connectivity index (χ0) is 18.8. The van der Waals surface area contributed by atoms with E-state index in [9.17, 15) is 19.3 Å². The van der Waals surface area contributed by atoms with Gasteiger partial charge in [0.2, 0.25) is 5.91 Å². The number of halogens is 1. The summed E-state index contributed by atoms with van der Waals surface area (Å²) in [5.74, 6) is -0.496. The van der Waals surface area contributed by atoms with Gasteiger partial charge in [0.25, 0.3) is 5.69 Å². The molecule has 142 valence electrons. The van der Waals surface area contributed by atoms with Crippen LogP contribution < -0.4 is 0 Å². The van der Waals surface area contributed by atoms with Crippen molar-refractivity contribution in [1.29, 1.82) is 0 Å². The van der Waals surface area contributed by atoms with Crippen LogP contribution in [0.3, 0.4) is 0 Å². The van der Waals surface area contributed by atoms with Crippen molar-refractivity contribution in [3.05, 3.63) is 39.2 Å². The minimum absolute atomic E-state index is 0.0423. The number of carbonyl (C=O) groups is 1. The van der Waals surface area contributed by atoms with Crippen LogP contribution >= 0.6 is 0 Å². The number of nitrogens with zero attached hydrogens (tertiary/aromatic N) is 3. The smallest absolute Gasteiger partial charge is 0.275 e. The van der Waals surface area contributed by atoms with Gasteiger partial charge in [-0.05, 0) is 31.9 Å². The zero-order valence-electron chi connectivity index (χ0n) is 15.1. The van der Waals surface area contributed by atoms with Gasteiger partial charge >= 0.3 is 0 Å². The molecular weight excluding hydrogens is 341 g/mol. The fraction of sp³-hybridized carbons (Fsp3) is 0.611. The Morgan fingerprint density at radius 2 is 2.19 bits per heavy atom. The van der Waals surface area contributed by atoms with E-state index in [4.69, 9.17) is 4.74 Å². The lowest BCUT2D eigenvalue weighted by atomic mass is 10.0. The highest BCUT2D eigenvalue weighted by molar-refractivity contribution is 5.79. The number of benzene rings is 1. The molecule has 2 heterocycles. The number of rotatable bonds is 4. The van der Waals surface area contributed by atoms with Crippen molar-refractivity contribution in [2.75, 3.05) is 32.8 Å². The van der Waals surface area contributed by atoms with Crippen molar-refractivity contribution >= 4 is 11.6 Å². The van der Waals surface area contributed by atoms with E-state index in [2.05, 4.69) is 4.90 Å². The summed E-state index contributed by atoms with van der Waals surface area (Å²) in [6.07, 6.45) is 0.776. The number of nitro benzene ring substituents is 1. The predicted octanol–water partition coefficient (Wildman–Crippen LogP) is 2.11. The summed E-state index contributed by atoms with van der Waals surface area (Å²) in [4.78, 5) is 27.1. The number of piperazine rings is 1. The molecule has 1 aromatic carbocycles. The lowest BCUT2D eigenvalue weighted by Crippen LogP contribution is -2.55. The Bertz CT molecular complexity index is 706. The molecular formula is C18H24FN3O4. The molecule has 3 rings (SSSR count). The summed E-state index contributed by atoms with van der Waals surface area (Å²) in [5.41, 5.74) is 0.918. The molecule has 2 aliphatic heterocycles. The van der Waals surface area contributed by atoms with Crippen LogP contribution in [0.5, 0.6) is 0 Å². The van der Waals surface area contributed by atoms with E-state index in [0.29, 0.717) is 50.5 Å². The first-order valence-corrected chi connectivity index (χ1v) is 8.90. The zero-order valence-corrected chi connectivity index (χ0v) is 15.1. The Labute approximate surface area is 151 Å². The SMILES string of the molecule is Cc1c(CN2CCN(C(=O)C3CCOC3)[C@@H](C)C2)cc(F)cc1[N+](=O)[O-]. The monoisotopic (exact) mass is 365 g/mol. The van der Waals surface area contributed by atoms with Gasteiger partial charge < -0.3 is 9.64 Å². The molecule has 1 unspecified atom stereocenters. The summed E-state index contributed by atoms with van der Waals surface area (Å²) in [6, 6.07) is 2.36. The van der Waals surface area contributed by atoms with Crippen LogP contribution in [0.25, 0.3) is 0 Å². The standard InChI is InChI=1S/C18H24FN3O4/c1-12-9-20(4-5-21(12)18(23)14-3-6-26-11-14)10-15-7-16(19)8-17(13(15)2)22(24)25/h7-8,12,14H,3-6,9-11H2,1-2H3/t12-,14?/m0/s1. The molecule has 2 atom stereocenters. The van der Waals surface area contributed by atoms with Gasteiger partial charge in [0.15, 0.2) is 0 Å². The van der Waals surface area contributed by atoms with Crippen LogP contribution in [0.1, 0.15) is 24.5 Å². The van der Waals surface area contributed by atoms with E-state index in [1.54, 1.807) is 6.92 Å². The van der Waals surface area contributed by atoms with Crippen molar-refractivity contribution in [2.45, 2.75) is 32.9 Å². The van der Waals surface area contributed by atoms with E-state index in [1.807, 2.05) is 11.8 Å².